The molecule has 3 amide bonds. The molecule has 3 heterocycles. The van der Waals surface area contributed by atoms with Gasteiger partial charge in [-0.1, -0.05) is 13.0 Å². The van der Waals surface area contributed by atoms with Crippen LogP contribution in [0.25, 0.3) is 0 Å². The summed E-state index contributed by atoms with van der Waals surface area (Å²) in [7, 11) is 1.61. The number of carbonyl (C=O) groups excluding carboxylic acids is 3. The molecule has 0 N–H and O–H groups in total. The number of anilines is 1. The maximum Gasteiger partial charge on any atom is 0.263 e. The fourth-order valence-electron chi connectivity index (χ4n) is 5.50. The fraction of sp³-hybridized carbons (Fsp3) is 0.640. The van der Waals surface area contributed by atoms with Crippen LogP contribution in [-0.4, -0.2) is 73.5 Å². The Morgan fingerprint density at radius 3 is 2.72 bits per heavy atom. The highest BCUT2D eigenvalue weighted by Crippen LogP contribution is 2.35. The maximum absolute atomic E-state index is 13.4. The van der Waals surface area contributed by atoms with Crippen LogP contribution in [0.2, 0.25) is 0 Å². The van der Waals surface area contributed by atoms with E-state index in [1.54, 1.807) is 13.2 Å². The van der Waals surface area contributed by atoms with Crippen LogP contribution in [0.15, 0.2) is 18.2 Å². The number of benzene rings is 1. The number of ether oxygens (including phenoxy) is 1. The zero-order chi connectivity index (χ0) is 22.7. The van der Waals surface area contributed by atoms with Crippen LogP contribution < -0.4 is 4.90 Å². The number of methoxy groups -OCH3 is 1. The molecule has 0 radical (unpaired) electrons. The van der Waals surface area contributed by atoms with Crippen molar-refractivity contribution in [3.63, 3.8) is 0 Å². The number of amides is 3. The Morgan fingerprint density at radius 2 is 1.94 bits per heavy atom. The second-order valence-electron chi connectivity index (χ2n) is 9.18. The molecule has 3 aliphatic rings. The van der Waals surface area contributed by atoms with Gasteiger partial charge in [0, 0.05) is 45.9 Å². The Balaban J connectivity index is 1.52. The van der Waals surface area contributed by atoms with Gasteiger partial charge in [0.05, 0.1) is 22.7 Å². The van der Waals surface area contributed by atoms with Crippen LogP contribution >= 0.6 is 0 Å². The third-order valence-corrected chi connectivity index (χ3v) is 7.20. The number of carbonyl (C=O) groups is 3. The van der Waals surface area contributed by atoms with Gasteiger partial charge in [0.2, 0.25) is 5.91 Å². The van der Waals surface area contributed by atoms with Crippen molar-refractivity contribution in [2.45, 2.75) is 57.9 Å². The van der Waals surface area contributed by atoms with E-state index in [1.165, 1.54) is 11.3 Å². The first-order valence-corrected chi connectivity index (χ1v) is 12.1. The lowest BCUT2D eigenvalue weighted by atomic mass is 9.92. The Kier molecular flexibility index (Phi) is 7.13. The highest BCUT2D eigenvalue weighted by molar-refractivity contribution is 6.23. The lowest BCUT2D eigenvalue weighted by molar-refractivity contribution is -0.139. The molecule has 7 nitrogen and oxygen atoms in total. The third-order valence-electron chi connectivity index (χ3n) is 7.20. The zero-order valence-corrected chi connectivity index (χ0v) is 19.3. The Bertz CT molecular complexity index is 871. The standard InChI is InChI=1S/C25H35N3O4/c1-3-19-10-4-5-14-27(19)23(29)18-9-7-13-26(17-18)21-12-6-11-20-22(21)25(31)28(24(20)30)15-8-16-32-2/h6,11-12,18-19H,3-5,7-10,13-17H2,1-2H3/t18-,19+/m1/s1. The van der Waals surface area contributed by atoms with Crippen molar-refractivity contribution >= 4 is 23.4 Å². The smallest absolute Gasteiger partial charge is 0.263 e. The summed E-state index contributed by atoms with van der Waals surface area (Å²) in [5.41, 5.74) is 1.76. The normalized spacial score (nSPS) is 23.6. The lowest BCUT2D eigenvalue weighted by Crippen LogP contribution is -2.50. The summed E-state index contributed by atoms with van der Waals surface area (Å²) in [4.78, 5) is 45.0. The van der Waals surface area contributed by atoms with E-state index in [2.05, 4.69) is 16.7 Å². The first-order valence-electron chi connectivity index (χ1n) is 12.1. The average Bonchev–Trinajstić information content (AvgIpc) is 3.08. The van der Waals surface area contributed by atoms with Crippen molar-refractivity contribution in [2.24, 2.45) is 5.92 Å². The number of rotatable bonds is 7. The molecule has 3 aliphatic heterocycles. The summed E-state index contributed by atoms with van der Waals surface area (Å²) < 4.78 is 5.07. The van der Waals surface area contributed by atoms with Crippen molar-refractivity contribution in [3.8, 4) is 0 Å². The molecule has 2 fully saturated rings. The number of imide groups is 1. The van der Waals surface area contributed by atoms with Gasteiger partial charge < -0.3 is 14.5 Å². The molecule has 2 saturated heterocycles. The van der Waals surface area contributed by atoms with Crippen LogP contribution in [0, 0.1) is 5.92 Å². The summed E-state index contributed by atoms with van der Waals surface area (Å²) in [5, 5.41) is 0. The van der Waals surface area contributed by atoms with Gasteiger partial charge >= 0.3 is 0 Å². The number of fused-ring (bicyclic) bond motifs is 1. The summed E-state index contributed by atoms with van der Waals surface area (Å²) in [5.74, 6) is -0.256. The van der Waals surface area contributed by atoms with Crippen molar-refractivity contribution in [1.82, 2.24) is 9.80 Å². The average molecular weight is 442 g/mol. The Hall–Kier alpha value is -2.41. The van der Waals surface area contributed by atoms with Crippen LogP contribution in [0.1, 0.15) is 72.6 Å². The maximum atomic E-state index is 13.4. The minimum Gasteiger partial charge on any atom is -0.385 e. The first kappa shape index (κ1) is 22.8. The monoisotopic (exact) mass is 441 g/mol. The SMILES string of the molecule is CC[C@H]1CCCCN1C(=O)[C@@H]1CCCN(c2cccc3c2C(=O)N(CCCOC)C3=O)C1. The van der Waals surface area contributed by atoms with Gasteiger partial charge in [0.1, 0.15) is 0 Å². The zero-order valence-electron chi connectivity index (χ0n) is 19.3. The van der Waals surface area contributed by atoms with Crippen LogP contribution in [-0.2, 0) is 9.53 Å². The molecular formula is C25H35N3O4. The fourth-order valence-corrected chi connectivity index (χ4v) is 5.50. The van der Waals surface area contributed by atoms with E-state index in [1.807, 2.05) is 12.1 Å². The van der Waals surface area contributed by atoms with E-state index in [9.17, 15) is 14.4 Å². The number of likely N-dealkylation sites (tertiary alicyclic amines) is 1. The van der Waals surface area contributed by atoms with Crippen molar-refractivity contribution < 1.29 is 19.1 Å². The van der Waals surface area contributed by atoms with E-state index >= 15 is 0 Å². The summed E-state index contributed by atoms with van der Waals surface area (Å²) in [6.45, 7) is 5.28. The Morgan fingerprint density at radius 1 is 1.09 bits per heavy atom. The van der Waals surface area contributed by atoms with Gasteiger partial charge in [-0.2, -0.15) is 0 Å². The summed E-state index contributed by atoms with van der Waals surface area (Å²) >= 11 is 0. The number of nitrogens with zero attached hydrogens (tertiary/aromatic N) is 3. The van der Waals surface area contributed by atoms with Gasteiger partial charge in [0.25, 0.3) is 11.8 Å². The van der Waals surface area contributed by atoms with E-state index < -0.39 is 0 Å². The topological polar surface area (TPSA) is 70.2 Å². The van der Waals surface area contributed by atoms with Gasteiger partial charge in [-0.25, -0.2) is 0 Å². The number of hydrogen-bond acceptors (Lipinski definition) is 5. The molecular weight excluding hydrogens is 406 g/mol. The molecule has 4 rings (SSSR count). The third kappa shape index (κ3) is 4.27. The molecule has 0 aromatic heterocycles. The molecule has 0 unspecified atom stereocenters. The summed E-state index contributed by atoms with van der Waals surface area (Å²) in [6, 6.07) is 5.86. The molecule has 0 bridgehead atoms. The van der Waals surface area contributed by atoms with E-state index in [4.69, 9.17) is 4.74 Å². The predicted octanol–water partition coefficient (Wildman–Crippen LogP) is 3.33. The van der Waals surface area contributed by atoms with Gasteiger partial charge in [0.15, 0.2) is 0 Å². The van der Waals surface area contributed by atoms with Gasteiger partial charge in [-0.05, 0) is 57.1 Å². The second kappa shape index (κ2) is 10.0. The first-order chi connectivity index (χ1) is 15.6. The molecule has 0 spiro atoms. The van der Waals surface area contributed by atoms with Crippen molar-refractivity contribution in [1.29, 1.82) is 0 Å². The highest BCUT2D eigenvalue weighted by Gasteiger charge is 2.40. The Labute approximate surface area is 190 Å². The van der Waals surface area contributed by atoms with Crippen LogP contribution in [0.3, 0.4) is 0 Å². The van der Waals surface area contributed by atoms with E-state index in [0.29, 0.717) is 43.3 Å². The van der Waals surface area contributed by atoms with Gasteiger partial charge in [-0.15, -0.1) is 0 Å². The summed E-state index contributed by atoms with van der Waals surface area (Å²) in [6.07, 6.45) is 6.79. The number of hydrogen-bond donors (Lipinski definition) is 0. The minimum absolute atomic E-state index is 0.0585. The molecule has 32 heavy (non-hydrogen) atoms. The van der Waals surface area contributed by atoms with E-state index in [-0.39, 0.29) is 23.6 Å². The van der Waals surface area contributed by atoms with Crippen LogP contribution in [0.5, 0.6) is 0 Å². The minimum atomic E-state index is -0.230. The second-order valence-corrected chi connectivity index (χ2v) is 9.18. The lowest BCUT2D eigenvalue weighted by Gasteiger charge is -2.41. The predicted molar refractivity (Wildman–Crippen MR) is 123 cm³/mol. The van der Waals surface area contributed by atoms with Crippen molar-refractivity contribution in [2.75, 3.05) is 44.8 Å². The van der Waals surface area contributed by atoms with Crippen LogP contribution in [0.4, 0.5) is 5.69 Å². The highest BCUT2D eigenvalue weighted by atomic mass is 16.5. The molecule has 2 atom stereocenters. The molecule has 0 saturated carbocycles. The molecule has 7 heteroatoms. The quantitative estimate of drug-likeness (QED) is 0.480. The number of piperidine rings is 2. The molecule has 1 aromatic carbocycles. The van der Waals surface area contributed by atoms with Gasteiger partial charge in [-0.3, -0.25) is 19.3 Å². The largest absolute Gasteiger partial charge is 0.385 e. The molecule has 1 aromatic rings. The van der Waals surface area contributed by atoms with E-state index in [0.717, 1.165) is 50.9 Å². The molecule has 0 aliphatic carbocycles. The molecule has 174 valence electrons. The van der Waals surface area contributed by atoms with Crippen molar-refractivity contribution in [3.05, 3.63) is 29.3 Å².